The molecule has 2 rings (SSSR count). The SMILES string of the molecule is Cn1nc(NCCC(=O)O)c2cc(Cl)c(NCCCO)cc21. The normalized spacial score (nSPS) is 10.9. The lowest BCUT2D eigenvalue weighted by Gasteiger charge is -2.08. The van der Waals surface area contributed by atoms with Gasteiger partial charge in [-0.25, -0.2) is 0 Å². The van der Waals surface area contributed by atoms with Crippen LogP contribution >= 0.6 is 11.6 Å². The van der Waals surface area contributed by atoms with E-state index >= 15 is 0 Å². The van der Waals surface area contributed by atoms with Gasteiger partial charge in [-0.3, -0.25) is 9.48 Å². The number of hydrogen-bond acceptors (Lipinski definition) is 5. The maximum Gasteiger partial charge on any atom is 0.305 e. The molecule has 120 valence electrons. The van der Waals surface area contributed by atoms with E-state index in [-0.39, 0.29) is 13.0 Å². The average Bonchev–Trinajstić information content (AvgIpc) is 2.75. The summed E-state index contributed by atoms with van der Waals surface area (Å²) in [6.45, 7) is 1.05. The number of hydrogen-bond donors (Lipinski definition) is 4. The Labute approximate surface area is 132 Å². The van der Waals surface area contributed by atoms with Gasteiger partial charge in [0.1, 0.15) is 0 Å². The largest absolute Gasteiger partial charge is 0.481 e. The molecule has 0 atom stereocenters. The van der Waals surface area contributed by atoms with Crippen LogP contribution in [0.15, 0.2) is 12.1 Å². The molecule has 4 N–H and O–H groups in total. The number of aliphatic hydroxyl groups excluding tert-OH is 1. The summed E-state index contributed by atoms with van der Waals surface area (Å²) < 4.78 is 1.71. The molecule has 0 aliphatic heterocycles. The number of nitrogens with one attached hydrogen (secondary N) is 2. The summed E-state index contributed by atoms with van der Waals surface area (Å²) in [6, 6.07) is 3.69. The number of anilines is 2. The van der Waals surface area contributed by atoms with E-state index in [1.165, 1.54) is 0 Å². The summed E-state index contributed by atoms with van der Waals surface area (Å²) >= 11 is 6.26. The molecule has 1 aromatic carbocycles. The van der Waals surface area contributed by atoms with E-state index in [0.29, 0.717) is 30.4 Å². The van der Waals surface area contributed by atoms with Gasteiger partial charge in [0.05, 0.1) is 22.6 Å². The van der Waals surface area contributed by atoms with E-state index < -0.39 is 5.97 Å². The molecular weight excluding hydrogens is 308 g/mol. The van der Waals surface area contributed by atoms with Crippen molar-refractivity contribution in [1.29, 1.82) is 0 Å². The standard InChI is InChI=1S/C14H19ClN4O3/c1-19-12-8-11(16-4-2-6-20)10(15)7-9(12)14(18-19)17-5-3-13(21)22/h7-8,16,20H,2-6H2,1H3,(H,17,18)(H,21,22). The first kappa shape index (κ1) is 16.4. The first-order valence-electron chi connectivity index (χ1n) is 6.99. The molecule has 0 saturated carbocycles. The van der Waals surface area contributed by atoms with E-state index in [1.54, 1.807) is 10.7 Å². The van der Waals surface area contributed by atoms with Gasteiger partial charge in [0, 0.05) is 32.1 Å². The van der Waals surface area contributed by atoms with Gasteiger partial charge in [-0.05, 0) is 18.6 Å². The zero-order valence-corrected chi connectivity index (χ0v) is 13.0. The molecule has 0 radical (unpaired) electrons. The molecule has 8 heteroatoms. The van der Waals surface area contributed by atoms with E-state index in [4.69, 9.17) is 21.8 Å². The Kier molecular flexibility index (Phi) is 5.46. The second-order valence-corrected chi connectivity index (χ2v) is 5.30. The maximum absolute atomic E-state index is 10.6. The lowest BCUT2D eigenvalue weighted by atomic mass is 10.2. The molecule has 1 aromatic heterocycles. The van der Waals surface area contributed by atoms with Crippen molar-refractivity contribution in [3.05, 3.63) is 17.2 Å². The third-order valence-electron chi connectivity index (χ3n) is 3.22. The van der Waals surface area contributed by atoms with Crippen LogP contribution in [-0.2, 0) is 11.8 Å². The van der Waals surface area contributed by atoms with Crippen LogP contribution in [0.25, 0.3) is 10.9 Å². The number of carboxylic acid groups (broad SMARTS) is 1. The topological polar surface area (TPSA) is 99.4 Å². The average molecular weight is 327 g/mol. The Morgan fingerprint density at radius 2 is 2.14 bits per heavy atom. The Balaban J connectivity index is 2.22. The van der Waals surface area contributed by atoms with Crippen molar-refractivity contribution < 1.29 is 15.0 Å². The van der Waals surface area contributed by atoms with E-state index in [2.05, 4.69) is 15.7 Å². The Morgan fingerprint density at radius 3 is 2.82 bits per heavy atom. The number of benzene rings is 1. The van der Waals surface area contributed by atoms with Crippen LogP contribution in [0, 0.1) is 0 Å². The number of nitrogens with zero attached hydrogens (tertiary/aromatic N) is 2. The molecule has 1 heterocycles. The zero-order chi connectivity index (χ0) is 16.1. The van der Waals surface area contributed by atoms with E-state index in [9.17, 15) is 4.79 Å². The third kappa shape index (κ3) is 3.80. The second-order valence-electron chi connectivity index (χ2n) is 4.90. The third-order valence-corrected chi connectivity index (χ3v) is 3.53. The van der Waals surface area contributed by atoms with Crippen LogP contribution in [0.3, 0.4) is 0 Å². The van der Waals surface area contributed by atoms with Crippen LogP contribution in [0.5, 0.6) is 0 Å². The number of carbonyl (C=O) groups is 1. The van der Waals surface area contributed by atoms with Crippen LogP contribution in [0.4, 0.5) is 11.5 Å². The van der Waals surface area contributed by atoms with Gasteiger partial charge in [-0.2, -0.15) is 5.10 Å². The zero-order valence-electron chi connectivity index (χ0n) is 12.3. The molecule has 0 amide bonds. The first-order chi connectivity index (χ1) is 10.5. The fourth-order valence-corrected chi connectivity index (χ4v) is 2.36. The molecule has 0 fully saturated rings. The van der Waals surface area contributed by atoms with Gasteiger partial charge >= 0.3 is 5.97 Å². The predicted octanol–water partition coefficient (Wildman–Crippen LogP) is 1.91. The Bertz CT molecular complexity index is 672. The maximum atomic E-state index is 10.6. The Hall–Kier alpha value is -1.99. The van der Waals surface area contributed by atoms with Gasteiger partial charge in [-0.15, -0.1) is 0 Å². The molecular formula is C14H19ClN4O3. The fourth-order valence-electron chi connectivity index (χ4n) is 2.13. The number of fused-ring (bicyclic) bond motifs is 1. The van der Waals surface area contributed by atoms with Crippen molar-refractivity contribution in [3.8, 4) is 0 Å². The molecule has 0 aliphatic carbocycles. The van der Waals surface area contributed by atoms with Crippen molar-refractivity contribution in [3.63, 3.8) is 0 Å². The van der Waals surface area contributed by atoms with Crippen molar-refractivity contribution >= 4 is 40.0 Å². The summed E-state index contributed by atoms with van der Waals surface area (Å²) in [7, 11) is 1.82. The highest BCUT2D eigenvalue weighted by atomic mass is 35.5. The minimum absolute atomic E-state index is 0.0204. The lowest BCUT2D eigenvalue weighted by Crippen LogP contribution is -2.08. The lowest BCUT2D eigenvalue weighted by molar-refractivity contribution is -0.136. The van der Waals surface area contributed by atoms with Crippen LogP contribution < -0.4 is 10.6 Å². The monoisotopic (exact) mass is 326 g/mol. The highest BCUT2D eigenvalue weighted by molar-refractivity contribution is 6.34. The number of rotatable bonds is 8. The quantitative estimate of drug-likeness (QED) is 0.553. The molecule has 0 saturated heterocycles. The Morgan fingerprint density at radius 1 is 1.36 bits per heavy atom. The van der Waals surface area contributed by atoms with Crippen LogP contribution in [0.2, 0.25) is 5.02 Å². The van der Waals surface area contributed by atoms with Crippen LogP contribution in [0.1, 0.15) is 12.8 Å². The smallest absolute Gasteiger partial charge is 0.305 e. The highest BCUT2D eigenvalue weighted by Crippen LogP contribution is 2.31. The van der Waals surface area contributed by atoms with Crippen molar-refractivity contribution in [2.75, 3.05) is 30.3 Å². The van der Waals surface area contributed by atoms with E-state index in [1.807, 2.05) is 13.1 Å². The molecule has 7 nitrogen and oxygen atoms in total. The number of aliphatic carboxylic acids is 1. The van der Waals surface area contributed by atoms with Gasteiger partial charge in [0.25, 0.3) is 0 Å². The molecule has 2 aromatic rings. The summed E-state index contributed by atoms with van der Waals surface area (Å²) in [5.41, 5.74) is 1.66. The van der Waals surface area contributed by atoms with Crippen LogP contribution in [-0.4, -0.2) is 45.7 Å². The van der Waals surface area contributed by atoms with Crippen molar-refractivity contribution in [2.24, 2.45) is 7.05 Å². The molecule has 0 bridgehead atoms. The summed E-state index contributed by atoms with van der Waals surface area (Å²) in [5, 5.41) is 29.4. The predicted molar refractivity (Wildman–Crippen MR) is 86.7 cm³/mol. The summed E-state index contributed by atoms with van der Waals surface area (Å²) in [6.07, 6.45) is 0.661. The molecule has 22 heavy (non-hydrogen) atoms. The van der Waals surface area contributed by atoms with Gasteiger partial charge in [0.2, 0.25) is 0 Å². The fraction of sp³-hybridized carbons (Fsp3) is 0.429. The second kappa shape index (κ2) is 7.33. The van der Waals surface area contributed by atoms with Gasteiger partial charge < -0.3 is 20.8 Å². The van der Waals surface area contributed by atoms with Crippen molar-refractivity contribution in [1.82, 2.24) is 9.78 Å². The first-order valence-corrected chi connectivity index (χ1v) is 7.37. The minimum atomic E-state index is -0.860. The van der Waals surface area contributed by atoms with Crippen molar-refractivity contribution in [2.45, 2.75) is 12.8 Å². The number of aromatic nitrogens is 2. The summed E-state index contributed by atoms with van der Waals surface area (Å²) in [5.74, 6) is -0.247. The minimum Gasteiger partial charge on any atom is -0.481 e. The number of aryl methyl sites for hydroxylation is 1. The van der Waals surface area contributed by atoms with Gasteiger partial charge in [0.15, 0.2) is 5.82 Å². The summed E-state index contributed by atoms with van der Waals surface area (Å²) in [4.78, 5) is 10.6. The molecule has 0 spiro atoms. The number of aliphatic hydroxyl groups is 1. The number of carboxylic acids is 1. The molecule has 0 aliphatic rings. The molecule has 0 unspecified atom stereocenters. The highest BCUT2D eigenvalue weighted by Gasteiger charge is 2.12. The number of halogens is 1. The van der Waals surface area contributed by atoms with E-state index in [0.717, 1.165) is 16.6 Å². The van der Waals surface area contributed by atoms with Gasteiger partial charge in [-0.1, -0.05) is 11.6 Å².